The van der Waals surface area contributed by atoms with E-state index >= 15 is 0 Å². The Morgan fingerprint density at radius 1 is 1.00 bits per heavy atom. The summed E-state index contributed by atoms with van der Waals surface area (Å²) in [5.74, 6) is 0. The molecule has 0 atom stereocenters. The molecule has 0 bridgehead atoms. The molecule has 5 heavy (non-hydrogen) atoms. The summed E-state index contributed by atoms with van der Waals surface area (Å²) in [6, 6.07) is 0. The molecule has 0 aliphatic heterocycles. The number of carbonyl (C=O) groups excluding carboxylic acids is 1. The van der Waals surface area contributed by atoms with Gasteiger partial charge in [-0.3, -0.25) is 0 Å². The van der Waals surface area contributed by atoms with Crippen molar-refractivity contribution in [3.05, 3.63) is 0 Å². The fourth-order valence-corrected chi connectivity index (χ4v) is 0. The molecule has 0 heterocycles. The van der Waals surface area contributed by atoms with Crippen LogP contribution in [0, 0.1) is 0 Å². The van der Waals surface area contributed by atoms with E-state index in [4.69, 9.17) is 4.79 Å². The van der Waals surface area contributed by atoms with Crippen LogP contribution in [-0.4, -0.2) is 6.79 Å². The second-order valence-electron chi connectivity index (χ2n) is 0. The van der Waals surface area contributed by atoms with Crippen LogP contribution in [0.25, 0.3) is 0 Å². The Morgan fingerprint density at radius 2 is 1.00 bits per heavy atom. The monoisotopic (exact) mass is 261 g/mol. The molecule has 4 heteroatoms. The van der Waals surface area contributed by atoms with Crippen molar-refractivity contribution in [1.29, 1.82) is 0 Å². The Balaban J connectivity index is -0.00000000167. The van der Waals surface area contributed by atoms with E-state index in [2.05, 4.69) is 0 Å². The van der Waals surface area contributed by atoms with Crippen molar-refractivity contribution >= 4 is 6.79 Å². The fourth-order valence-electron chi connectivity index (χ4n) is 0. The first kappa shape index (κ1) is 35.8. The van der Waals surface area contributed by atoms with Crippen molar-refractivity contribution in [2.75, 3.05) is 0 Å². The van der Waals surface area contributed by atoms with Gasteiger partial charge in [0, 0.05) is 44.8 Å². The molecule has 0 rings (SSSR count). The van der Waals surface area contributed by atoms with Crippen LogP contribution in [-0.2, 0) is 49.6 Å². The molecule has 0 fully saturated rings. The van der Waals surface area contributed by atoms with E-state index in [0.717, 1.165) is 0 Å². The van der Waals surface area contributed by atoms with E-state index in [1.54, 1.807) is 0 Å². The zero-order valence-electron chi connectivity index (χ0n) is 2.43. The third-order valence-corrected chi connectivity index (χ3v) is 0. The van der Waals surface area contributed by atoms with Crippen LogP contribution in [0.2, 0.25) is 0 Å². The summed E-state index contributed by atoms with van der Waals surface area (Å²) in [6.45, 7) is 2.00. The molecular formula is CH5Ag2NO. The van der Waals surface area contributed by atoms with Gasteiger partial charge in [0.25, 0.3) is 0 Å². The summed E-state index contributed by atoms with van der Waals surface area (Å²) >= 11 is 0. The van der Waals surface area contributed by atoms with Crippen molar-refractivity contribution in [3.63, 3.8) is 0 Å². The molecule has 0 aliphatic carbocycles. The Labute approximate surface area is 62.3 Å². The maximum atomic E-state index is 8.00. The van der Waals surface area contributed by atoms with Gasteiger partial charge < -0.3 is 10.9 Å². The number of hydrogen-bond acceptors (Lipinski definition) is 2. The molecule has 2 nitrogen and oxygen atoms in total. The number of hydrogen-bond donors (Lipinski definition) is 1. The predicted octanol–water partition coefficient (Wildman–Crippen LogP) is -0.0279. The second kappa shape index (κ2) is 70.0. The molecule has 0 unspecified atom stereocenters. The standard InChI is InChI=1S/CH2O.2Ag.H3N/c1-2;;;/h1H2;;;1H3. The molecule has 2 radical (unpaired) electrons. The average Bonchev–Trinajstić information content (AvgIpc) is 1.00. The maximum Gasteiger partial charge on any atom is 0.106 e. The van der Waals surface area contributed by atoms with Crippen LogP contribution in [0.4, 0.5) is 0 Å². The summed E-state index contributed by atoms with van der Waals surface area (Å²) in [5, 5.41) is 0. The topological polar surface area (TPSA) is 52.1 Å². The van der Waals surface area contributed by atoms with Gasteiger partial charge in [-0.15, -0.1) is 0 Å². The van der Waals surface area contributed by atoms with E-state index in [-0.39, 0.29) is 50.9 Å². The third kappa shape index (κ3) is 40.1. The SMILES string of the molecule is C=O.N.[Ag].[Ag]. The van der Waals surface area contributed by atoms with Crippen LogP contribution < -0.4 is 6.15 Å². The van der Waals surface area contributed by atoms with Crippen LogP contribution in [0.1, 0.15) is 0 Å². The summed E-state index contributed by atoms with van der Waals surface area (Å²) in [5.41, 5.74) is 0. The molecule has 0 aromatic heterocycles. The first-order valence-electron chi connectivity index (χ1n) is 0.289. The van der Waals surface area contributed by atoms with Gasteiger partial charge in [0.1, 0.15) is 6.79 Å². The minimum Gasteiger partial charge on any atom is -0.344 e. The molecule has 0 aromatic rings. The molecule has 42 valence electrons. The molecule has 0 aliphatic rings. The first-order chi connectivity index (χ1) is 1.00. The van der Waals surface area contributed by atoms with Crippen LogP contribution in [0.5, 0.6) is 0 Å². The minimum absolute atomic E-state index is 0. The van der Waals surface area contributed by atoms with Gasteiger partial charge in [0.2, 0.25) is 0 Å². The number of carbonyl (C=O) groups is 1. The Bertz CT molecular complexity index is 9.61. The molecule has 3 N–H and O–H groups in total. The Kier molecular flexibility index (Phi) is 502. The number of rotatable bonds is 0. The summed E-state index contributed by atoms with van der Waals surface area (Å²) < 4.78 is 0. The van der Waals surface area contributed by atoms with Crippen molar-refractivity contribution in [2.45, 2.75) is 0 Å². The van der Waals surface area contributed by atoms with E-state index in [0.29, 0.717) is 0 Å². The van der Waals surface area contributed by atoms with Gasteiger partial charge in [-0.2, -0.15) is 0 Å². The Hall–Kier alpha value is 1.11. The van der Waals surface area contributed by atoms with Crippen molar-refractivity contribution in [3.8, 4) is 0 Å². The normalized spacial score (nSPS) is 0.800. The van der Waals surface area contributed by atoms with Gasteiger partial charge in [0.05, 0.1) is 0 Å². The zero-order valence-corrected chi connectivity index (χ0v) is 5.39. The van der Waals surface area contributed by atoms with E-state index < -0.39 is 0 Å². The largest absolute Gasteiger partial charge is 0.344 e. The Morgan fingerprint density at radius 3 is 1.00 bits per heavy atom. The van der Waals surface area contributed by atoms with Crippen LogP contribution in [0.3, 0.4) is 0 Å². The molecule has 0 amide bonds. The van der Waals surface area contributed by atoms with Gasteiger partial charge in [0.15, 0.2) is 0 Å². The van der Waals surface area contributed by atoms with Crippen molar-refractivity contribution in [1.82, 2.24) is 6.15 Å². The summed E-state index contributed by atoms with van der Waals surface area (Å²) in [4.78, 5) is 8.00. The van der Waals surface area contributed by atoms with Crippen molar-refractivity contribution in [2.24, 2.45) is 0 Å². The predicted molar refractivity (Wildman–Crippen MR) is 12.1 cm³/mol. The minimum atomic E-state index is 0. The summed E-state index contributed by atoms with van der Waals surface area (Å²) in [6.07, 6.45) is 0. The molecule has 0 saturated heterocycles. The van der Waals surface area contributed by atoms with Crippen LogP contribution >= 0.6 is 0 Å². The molecular weight excluding hydrogens is 258 g/mol. The molecule has 0 saturated carbocycles. The summed E-state index contributed by atoms with van der Waals surface area (Å²) in [7, 11) is 0. The van der Waals surface area contributed by atoms with Gasteiger partial charge >= 0.3 is 0 Å². The average molecular weight is 263 g/mol. The maximum absolute atomic E-state index is 8.00. The quantitative estimate of drug-likeness (QED) is 0.624. The smallest absolute Gasteiger partial charge is 0.106 e. The second-order valence-corrected chi connectivity index (χ2v) is 0. The van der Waals surface area contributed by atoms with E-state index in [1.807, 2.05) is 6.79 Å². The molecule has 0 spiro atoms. The first-order valence-corrected chi connectivity index (χ1v) is 0.289. The van der Waals surface area contributed by atoms with E-state index in [9.17, 15) is 0 Å². The van der Waals surface area contributed by atoms with Crippen molar-refractivity contribution < 1.29 is 49.6 Å². The van der Waals surface area contributed by atoms with Crippen LogP contribution in [0.15, 0.2) is 0 Å². The fraction of sp³-hybridized carbons (Fsp3) is 0. The van der Waals surface area contributed by atoms with Gasteiger partial charge in [-0.05, 0) is 0 Å². The zero-order chi connectivity index (χ0) is 2.00. The van der Waals surface area contributed by atoms with Gasteiger partial charge in [-0.25, -0.2) is 0 Å². The van der Waals surface area contributed by atoms with E-state index in [1.165, 1.54) is 0 Å². The third-order valence-electron chi connectivity index (χ3n) is 0. The van der Waals surface area contributed by atoms with Gasteiger partial charge in [-0.1, -0.05) is 0 Å². The molecule has 0 aromatic carbocycles.